The average molecular weight is 451 g/mol. The first-order valence-electron chi connectivity index (χ1n) is 11.3. The Morgan fingerprint density at radius 1 is 1.22 bits per heavy atom. The maximum absolute atomic E-state index is 11.8. The van der Waals surface area contributed by atoms with Crippen molar-refractivity contribution in [2.24, 2.45) is 11.8 Å². The van der Waals surface area contributed by atoms with Crippen molar-refractivity contribution in [2.75, 3.05) is 20.2 Å². The highest BCUT2D eigenvalue weighted by atomic mass is 35.5. The third kappa shape index (κ3) is 3.92. The summed E-state index contributed by atoms with van der Waals surface area (Å²) < 4.78 is 6.38. The Morgan fingerprint density at radius 2 is 2.03 bits per heavy atom. The molecule has 1 aromatic heterocycles. The highest BCUT2D eigenvalue weighted by Crippen LogP contribution is 2.48. The van der Waals surface area contributed by atoms with E-state index in [4.69, 9.17) is 4.74 Å². The molecule has 5 atom stereocenters. The number of piperidine rings is 3. The van der Waals surface area contributed by atoms with Crippen LogP contribution < -0.4 is 17.1 Å². The Morgan fingerprint density at radius 3 is 2.78 bits per heavy atom. The Balaban J connectivity index is 0.00000245. The van der Waals surface area contributed by atoms with Crippen LogP contribution in [0.1, 0.15) is 30.1 Å². The number of halogens is 1. The third-order valence-corrected chi connectivity index (χ3v) is 7.68. The minimum atomic E-state index is -0.546. The number of quaternary nitrogens is 1. The smallest absolute Gasteiger partial charge is 0.131 e. The topological polar surface area (TPSA) is 42.4 Å². The summed E-state index contributed by atoms with van der Waals surface area (Å²) in [6.45, 7) is 7.25. The van der Waals surface area contributed by atoms with Crippen LogP contribution in [0.4, 0.5) is 0 Å². The molecular formula is C27H31ClN2O2. The van der Waals surface area contributed by atoms with Crippen molar-refractivity contribution < 1.29 is 26.7 Å². The summed E-state index contributed by atoms with van der Waals surface area (Å²) in [7, 11) is 1.68. The lowest BCUT2D eigenvalue weighted by Crippen LogP contribution is -3.00. The molecule has 3 saturated heterocycles. The molecule has 5 heteroatoms. The van der Waals surface area contributed by atoms with E-state index in [1.165, 1.54) is 12.0 Å². The SMILES string of the molecule is C=C[C@H]1C[N@+]2(Cc3ccccc3)CC[C@H]1C[C@H]2[C@@H](O)c1ccnc2ccc(OC)cc12.[Cl-]. The first-order chi connectivity index (χ1) is 15.1. The van der Waals surface area contributed by atoms with Gasteiger partial charge in [0.1, 0.15) is 24.4 Å². The van der Waals surface area contributed by atoms with Gasteiger partial charge in [0.05, 0.1) is 25.7 Å². The lowest BCUT2D eigenvalue weighted by Gasteiger charge is -2.58. The second kappa shape index (κ2) is 9.22. The molecule has 2 bridgehead atoms. The van der Waals surface area contributed by atoms with Crippen molar-refractivity contribution in [3.05, 3.63) is 84.6 Å². The minimum absolute atomic E-state index is 0. The van der Waals surface area contributed by atoms with Gasteiger partial charge in [-0.3, -0.25) is 4.98 Å². The predicted molar refractivity (Wildman–Crippen MR) is 124 cm³/mol. The number of hydrogen-bond donors (Lipinski definition) is 1. The number of fused-ring (bicyclic) bond motifs is 4. The number of aliphatic hydroxyl groups is 1. The third-order valence-electron chi connectivity index (χ3n) is 7.68. The number of nitrogens with zero attached hydrogens (tertiary/aromatic N) is 2. The normalized spacial score (nSPS) is 27.5. The Labute approximate surface area is 196 Å². The summed E-state index contributed by atoms with van der Waals surface area (Å²) in [5.74, 6) is 1.92. The van der Waals surface area contributed by atoms with Gasteiger partial charge in [-0.2, -0.15) is 0 Å². The number of methoxy groups -OCH3 is 1. The number of hydrogen-bond acceptors (Lipinski definition) is 3. The van der Waals surface area contributed by atoms with Crippen LogP contribution in [0.25, 0.3) is 10.9 Å². The van der Waals surface area contributed by atoms with E-state index in [0.29, 0.717) is 11.8 Å². The maximum atomic E-state index is 11.8. The summed E-state index contributed by atoms with van der Waals surface area (Å²) in [6.07, 6.45) is 5.65. The molecule has 3 aliphatic heterocycles. The molecule has 0 radical (unpaired) electrons. The Hall–Kier alpha value is -2.40. The highest BCUT2D eigenvalue weighted by molar-refractivity contribution is 5.83. The van der Waals surface area contributed by atoms with Crippen molar-refractivity contribution in [2.45, 2.75) is 31.5 Å². The summed E-state index contributed by atoms with van der Waals surface area (Å²) >= 11 is 0. The average Bonchev–Trinajstić information content (AvgIpc) is 2.83. The summed E-state index contributed by atoms with van der Waals surface area (Å²) in [6, 6.07) is 18.8. The van der Waals surface area contributed by atoms with Crippen molar-refractivity contribution >= 4 is 10.9 Å². The van der Waals surface area contributed by atoms with Gasteiger partial charge in [0.15, 0.2) is 0 Å². The van der Waals surface area contributed by atoms with Crippen LogP contribution in [-0.4, -0.2) is 40.8 Å². The van der Waals surface area contributed by atoms with Crippen LogP contribution in [0.5, 0.6) is 5.75 Å². The second-order valence-electron chi connectivity index (χ2n) is 9.25. The fraction of sp³-hybridized carbons (Fsp3) is 0.370. The molecular weight excluding hydrogens is 420 g/mol. The first-order valence-corrected chi connectivity index (χ1v) is 11.3. The zero-order chi connectivity index (χ0) is 21.4. The van der Waals surface area contributed by atoms with E-state index in [0.717, 1.165) is 52.8 Å². The van der Waals surface area contributed by atoms with Gasteiger partial charge in [0.25, 0.3) is 0 Å². The summed E-state index contributed by atoms with van der Waals surface area (Å²) in [5, 5.41) is 12.8. The number of benzene rings is 2. The Kier molecular flexibility index (Phi) is 6.57. The van der Waals surface area contributed by atoms with E-state index in [1.54, 1.807) is 7.11 Å². The molecule has 3 aliphatic rings. The molecule has 0 saturated carbocycles. The van der Waals surface area contributed by atoms with Crippen LogP contribution in [0, 0.1) is 11.8 Å². The molecule has 168 valence electrons. The van der Waals surface area contributed by atoms with Gasteiger partial charge in [-0.05, 0) is 35.7 Å². The molecule has 0 amide bonds. The molecule has 6 rings (SSSR count). The number of ether oxygens (including phenoxy) is 1. The van der Waals surface area contributed by atoms with Crippen LogP contribution in [0.3, 0.4) is 0 Å². The quantitative estimate of drug-likeness (QED) is 0.460. The van der Waals surface area contributed by atoms with Crippen molar-refractivity contribution in [1.82, 2.24) is 4.98 Å². The summed E-state index contributed by atoms with van der Waals surface area (Å²) in [4.78, 5) is 4.52. The van der Waals surface area contributed by atoms with Gasteiger partial charge in [-0.25, -0.2) is 0 Å². The molecule has 0 unspecified atom stereocenters. The van der Waals surface area contributed by atoms with Crippen molar-refractivity contribution in [3.63, 3.8) is 0 Å². The van der Waals surface area contributed by atoms with E-state index < -0.39 is 6.10 Å². The number of aliphatic hydroxyl groups excluding tert-OH is 1. The summed E-state index contributed by atoms with van der Waals surface area (Å²) in [5.41, 5.74) is 3.19. The molecule has 0 spiro atoms. The van der Waals surface area contributed by atoms with Crippen molar-refractivity contribution in [3.8, 4) is 5.75 Å². The van der Waals surface area contributed by atoms with Crippen LogP contribution in [-0.2, 0) is 6.54 Å². The standard InChI is InChI=1S/C27H31N2O2.ClH/c1-3-20-18-29(17-19-7-5-4-6-8-19)14-12-21(20)15-26(29)27(30)23-11-13-28-25-10-9-22(31-2)16-24(23)25;/h3-11,13,16,20-21,26-27,30H,1,12,14-15,17-18H2,2H3;1H/q+1;/p-1/t20-,21-,26-,27-,29+;/m0./s1. The van der Waals surface area contributed by atoms with Crippen molar-refractivity contribution in [1.29, 1.82) is 0 Å². The molecule has 0 aliphatic carbocycles. The monoisotopic (exact) mass is 450 g/mol. The molecule has 2 aromatic carbocycles. The van der Waals surface area contributed by atoms with Gasteiger partial charge in [-0.15, -0.1) is 6.58 Å². The largest absolute Gasteiger partial charge is 1.00 e. The van der Waals surface area contributed by atoms with Gasteiger partial charge in [-0.1, -0.05) is 36.4 Å². The molecule has 1 N–H and O–H groups in total. The molecule has 3 fully saturated rings. The van der Waals surface area contributed by atoms with Gasteiger partial charge in [0.2, 0.25) is 0 Å². The van der Waals surface area contributed by atoms with E-state index >= 15 is 0 Å². The minimum Gasteiger partial charge on any atom is -1.00 e. The molecule has 4 heterocycles. The molecule has 32 heavy (non-hydrogen) atoms. The second-order valence-corrected chi connectivity index (χ2v) is 9.25. The van der Waals surface area contributed by atoms with Gasteiger partial charge < -0.3 is 26.7 Å². The van der Waals surface area contributed by atoms with Gasteiger partial charge in [0, 0.05) is 35.9 Å². The number of rotatable bonds is 6. The van der Waals surface area contributed by atoms with Crippen LogP contribution in [0.15, 0.2) is 73.4 Å². The van der Waals surface area contributed by atoms with Crippen LogP contribution in [0.2, 0.25) is 0 Å². The molecule has 4 nitrogen and oxygen atoms in total. The fourth-order valence-corrected chi connectivity index (χ4v) is 6.07. The van der Waals surface area contributed by atoms with E-state index in [9.17, 15) is 5.11 Å². The van der Waals surface area contributed by atoms with E-state index in [1.807, 2.05) is 30.5 Å². The predicted octanol–water partition coefficient (Wildman–Crippen LogP) is 1.89. The zero-order valence-corrected chi connectivity index (χ0v) is 19.3. The highest BCUT2D eigenvalue weighted by Gasteiger charge is 2.53. The molecule has 3 aromatic rings. The Bertz CT molecular complexity index is 1090. The number of pyridine rings is 1. The maximum Gasteiger partial charge on any atom is 0.131 e. The van der Waals surface area contributed by atoms with Crippen LogP contribution >= 0.6 is 0 Å². The lowest BCUT2D eigenvalue weighted by molar-refractivity contribution is -0.984. The fourth-order valence-electron chi connectivity index (χ4n) is 6.07. The van der Waals surface area contributed by atoms with Gasteiger partial charge >= 0.3 is 0 Å². The first kappa shape index (κ1) is 22.8. The van der Waals surface area contributed by atoms with E-state index in [2.05, 4.69) is 48.0 Å². The lowest BCUT2D eigenvalue weighted by atomic mass is 9.71. The zero-order valence-electron chi connectivity index (χ0n) is 18.5. The van der Waals surface area contributed by atoms with E-state index in [-0.39, 0.29) is 18.4 Å². The number of aromatic nitrogens is 1.